The fraction of sp³-hybridized carbons (Fsp3) is 0.350. The molecule has 2 aromatic rings. The molecule has 2 aromatic carbocycles. The van der Waals surface area contributed by atoms with Crippen molar-refractivity contribution in [3.63, 3.8) is 0 Å². The molecule has 0 radical (unpaired) electrons. The van der Waals surface area contributed by atoms with Crippen LogP contribution in [0.5, 0.6) is 0 Å². The van der Waals surface area contributed by atoms with Crippen LogP contribution in [-0.4, -0.2) is 65.6 Å². The van der Waals surface area contributed by atoms with Crippen LogP contribution in [0.25, 0.3) is 0 Å². The second kappa shape index (κ2) is 9.25. The van der Waals surface area contributed by atoms with E-state index in [1.54, 1.807) is 24.3 Å². The number of benzene rings is 2. The molecular formula is C20H26N4O4S. The molecule has 0 unspecified atom stereocenters. The molecule has 156 valence electrons. The normalized spacial score (nSPS) is 15.0. The molecule has 8 nitrogen and oxygen atoms in total. The Hall–Kier alpha value is -2.62. The maximum absolute atomic E-state index is 12.6. The lowest BCUT2D eigenvalue weighted by Gasteiger charge is -2.26. The Morgan fingerprint density at radius 2 is 1.59 bits per heavy atom. The van der Waals surface area contributed by atoms with Gasteiger partial charge in [0.2, 0.25) is 15.9 Å². The van der Waals surface area contributed by atoms with Crippen molar-refractivity contribution >= 4 is 33.0 Å². The van der Waals surface area contributed by atoms with Crippen molar-refractivity contribution < 1.29 is 17.9 Å². The first kappa shape index (κ1) is 21.1. The summed E-state index contributed by atoms with van der Waals surface area (Å²) in [6.45, 7) is 1.61. The number of anilines is 3. The molecule has 1 heterocycles. The highest BCUT2D eigenvalue weighted by atomic mass is 32.2. The van der Waals surface area contributed by atoms with Gasteiger partial charge in [-0.2, -0.15) is 4.31 Å². The number of nitrogens with zero attached hydrogens (tertiary/aromatic N) is 2. The number of sulfonamides is 1. The highest BCUT2D eigenvalue weighted by Crippen LogP contribution is 2.19. The zero-order valence-electron chi connectivity index (χ0n) is 16.6. The summed E-state index contributed by atoms with van der Waals surface area (Å²) in [6, 6.07) is 14.0. The van der Waals surface area contributed by atoms with Crippen molar-refractivity contribution in [2.75, 3.05) is 62.5 Å². The number of ether oxygens (including phenoxy) is 1. The Morgan fingerprint density at radius 3 is 2.17 bits per heavy atom. The highest BCUT2D eigenvalue weighted by molar-refractivity contribution is 7.89. The first-order valence-electron chi connectivity index (χ1n) is 9.35. The number of amides is 1. The lowest BCUT2D eigenvalue weighted by molar-refractivity contribution is -0.114. The quantitative estimate of drug-likeness (QED) is 0.713. The SMILES string of the molecule is CN(C)c1ccc(NC(=O)CNc2ccc(S(=O)(=O)N3CCOCC3)cc2)cc1. The van der Waals surface area contributed by atoms with E-state index in [9.17, 15) is 13.2 Å². The van der Waals surface area contributed by atoms with Crippen LogP contribution in [0.3, 0.4) is 0 Å². The standard InChI is InChI=1S/C20H26N4O4S/c1-23(2)18-7-3-17(4-8-18)22-20(25)15-21-16-5-9-19(10-6-16)29(26,27)24-11-13-28-14-12-24/h3-10,21H,11-15H2,1-2H3,(H,22,25). The van der Waals surface area contributed by atoms with Gasteiger partial charge in [0.15, 0.2) is 0 Å². The van der Waals surface area contributed by atoms with Crippen LogP contribution >= 0.6 is 0 Å². The summed E-state index contributed by atoms with van der Waals surface area (Å²) in [7, 11) is 0.389. The van der Waals surface area contributed by atoms with Crippen molar-refractivity contribution in [1.82, 2.24) is 4.31 Å². The molecule has 1 aliphatic heterocycles. The molecule has 29 heavy (non-hydrogen) atoms. The topological polar surface area (TPSA) is 91.0 Å². The smallest absolute Gasteiger partial charge is 0.243 e. The third-order valence-electron chi connectivity index (χ3n) is 4.58. The first-order chi connectivity index (χ1) is 13.9. The number of nitrogens with one attached hydrogen (secondary N) is 2. The monoisotopic (exact) mass is 418 g/mol. The average molecular weight is 419 g/mol. The first-order valence-corrected chi connectivity index (χ1v) is 10.8. The number of carbonyl (C=O) groups is 1. The van der Waals surface area contributed by atoms with Crippen LogP contribution < -0.4 is 15.5 Å². The molecular weight excluding hydrogens is 392 g/mol. The number of carbonyl (C=O) groups excluding carboxylic acids is 1. The van der Waals surface area contributed by atoms with Crippen LogP contribution in [0.1, 0.15) is 0 Å². The van der Waals surface area contributed by atoms with Gasteiger partial charge < -0.3 is 20.3 Å². The highest BCUT2D eigenvalue weighted by Gasteiger charge is 2.26. The minimum atomic E-state index is -3.52. The van der Waals surface area contributed by atoms with E-state index in [1.807, 2.05) is 43.3 Å². The van der Waals surface area contributed by atoms with Gasteiger partial charge in [0.1, 0.15) is 0 Å². The summed E-state index contributed by atoms with van der Waals surface area (Å²) in [6.07, 6.45) is 0. The third-order valence-corrected chi connectivity index (χ3v) is 6.50. The number of hydrogen-bond donors (Lipinski definition) is 2. The van der Waals surface area contributed by atoms with Crippen LogP contribution in [0.4, 0.5) is 17.1 Å². The Labute approximate surface area is 171 Å². The molecule has 0 aliphatic carbocycles. The van der Waals surface area contributed by atoms with E-state index in [-0.39, 0.29) is 17.3 Å². The lowest BCUT2D eigenvalue weighted by Crippen LogP contribution is -2.40. The summed E-state index contributed by atoms with van der Waals surface area (Å²) >= 11 is 0. The summed E-state index contributed by atoms with van der Waals surface area (Å²) in [5, 5.41) is 5.83. The third kappa shape index (κ3) is 5.47. The van der Waals surface area contributed by atoms with E-state index < -0.39 is 10.0 Å². The predicted molar refractivity (Wildman–Crippen MR) is 114 cm³/mol. The zero-order valence-corrected chi connectivity index (χ0v) is 17.4. The van der Waals surface area contributed by atoms with Gasteiger partial charge in [-0.3, -0.25) is 4.79 Å². The van der Waals surface area contributed by atoms with Gasteiger partial charge in [-0.05, 0) is 48.5 Å². The van der Waals surface area contributed by atoms with Gasteiger partial charge in [-0.25, -0.2) is 8.42 Å². The molecule has 1 saturated heterocycles. The number of hydrogen-bond acceptors (Lipinski definition) is 6. The molecule has 0 saturated carbocycles. The van der Waals surface area contributed by atoms with E-state index in [1.165, 1.54) is 4.31 Å². The summed E-state index contributed by atoms with van der Waals surface area (Å²) in [4.78, 5) is 14.4. The molecule has 0 aromatic heterocycles. The molecule has 0 atom stereocenters. The van der Waals surface area contributed by atoms with Gasteiger partial charge in [0, 0.05) is 44.2 Å². The van der Waals surface area contributed by atoms with E-state index in [0.717, 1.165) is 5.69 Å². The molecule has 1 aliphatic rings. The van der Waals surface area contributed by atoms with Crippen molar-refractivity contribution in [2.45, 2.75) is 4.90 Å². The van der Waals surface area contributed by atoms with Crippen molar-refractivity contribution in [2.24, 2.45) is 0 Å². The van der Waals surface area contributed by atoms with Gasteiger partial charge >= 0.3 is 0 Å². The maximum atomic E-state index is 12.6. The Bertz CT molecular complexity index is 922. The van der Waals surface area contributed by atoms with Gasteiger partial charge in [-0.1, -0.05) is 0 Å². The van der Waals surface area contributed by atoms with Gasteiger partial charge in [-0.15, -0.1) is 0 Å². The van der Waals surface area contributed by atoms with Crippen LogP contribution in [0, 0.1) is 0 Å². The maximum Gasteiger partial charge on any atom is 0.243 e. The molecule has 9 heteroatoms. The largest absolute Gasteiger partial charge is 0.379 e. The Kier molecular flexibility index (Phi) is 6.73. The van der Waals surface area contributed by atoms with E-state index in [4.69, 9.17) is 4.74 Å². The van der Waals surface area contributed by atoms with Crippen LogP contribution in [-0.2, 0) is 19.6 Å². The zero-order chi connectivity index (χ0) is 20.9. The summed E-state index contributed by atoms with van der Waals surface area (Å²) in [5.74, 6) is -0.187. The second-order valence-corrected chi connectivity index (χ2v) is 8.82. The van der Waals surface area contributed by atoms with Crippen molar-refractivity contribution in [3.8, 4) is 0 Å². The fourth-order valence-corrected chi connectivity index (χ4v) is 4.32. The van der Waals surface area contributed by atoms with Crippen LogP contribution in [0.2, 0.25) is 0 Å². The molecule has 1 fully saturated rings. The number of rotatable bonds is 7. The van der Waals surface area contributed by atoms with Gasteiger partial charge in [0.25, 0.3) is 0 Å². The lowest BCUT2D eigenvalue weighted by atomic mass is 10.2. The Balaban J connectivity index is 1.53. The second-order valence-electron chi connectivity index (χ2n) is 6.88. The molecule has 2 N–H and O–H groups in total. The summed E-state index contributed by atoms with van der Waals surface area (Å²) in [5.41, 5.74) is 2.44. The summed E-state index contributed by atoms with van der Waals surface area (Å²) < 4.78 is 31.9. The minimum Gasteiger partial charge on any atom is -0.379 e. The molecule has 0 bridgehead atoms. The molecule has 3 rings (SSSR count). The van der Waals surface area contributed by atoms with Crippen molar-refractivity contribution in [1.29, 1.82) is 0 Å². The van der Waals surface area contributed by atoms with Gasteiger partial charge in [0.05, 0.1) is 24.7 Å². The Morgan fingerprint density at radius 1 is 1.00 bits per heavy atom. The fourth-order valence-electron chi connectivity index (χ4n) is 2.91. The minimum absolute atomic E-state index is 0.0744. The average Bonchev–Trinajstić information content (AvgIpc) is 2.73. The van der Waals surface area contributed by atoms with E-state index >= 15 is 0 Å². The van der Waals surface area contributed by atoms with Crippen LogP contribution in [0.15, 0.2) is 53.4 Å². The number of morpholine rings is 1. The van der Waals surface area contributed by atoms with Crippen molar-refractivity contribution in [3.05, 3.63) is 48.5 Å². The van der Waals surface area contributed by atoms with E-state index in [2.05, 4.69) is 10.6 Å². The molecule has 0 spiro atoms. The predicted octanol–water partition coefficient (Wildman–Crippen LogP) is 1.82. The van der Waals surface area contributed by atoms with E-state index in [0.29, 0.717) is 37.7 Å². The molecule has 1 amide bonds.